The molecule has 1 nitrogen and oxygen atoms in total. The van der Waals surface area contributed by atoms with Crippen LogP contribution in [-0.4, -0.2) is 6.04 Å². The van der Waals surface area contributed by atoms with Crippen LogP contribution in [0.5, 0.6) is 0 Å². The third-order valence-electron chi connectivity index (χ3n) is 5.11. The Morgan fingerprint density at radius 2 is 2.00 bits per heavy atom. The van der Waals surface area contributed by atoms with Gasteiger partial charge in [0.25, 0.3) is 0 Å². The Kier molecular flexibility index (Phi) is 3.43. The van der Waals surface area contributed by atoms with Crippen LogP contribution in [-0.2, 0) is 19.3 Å². The number of benzene rings is 1. The molecule has 0 bridgehead atoms. The molecule has 3 unspecified atom stereocenters. The molecule has 0 spiro atoms. The first-order chi connectivity index (χ1) is 8.74. The Morgan fingerprint density at radius 3 is 2.78 bits per heavy atom. The van der Waals surface area contributed by atoms with Gasteiger partial charge in [-0.25, -0.2) is 0 Å². The summed E-state index contributed by atoms with van der Waals surface area (Å²) in [4.78, 5) is 0. The van der Waals surface area contributed by atoms with Crippen molar-refractivity contribution in [1.29, 1.82) is 0 Å². The molecule has 3 rings (SSSR count). The van der Waals surface area contributed by atoms with E-state index in [0.717, 1.165) is 18.3 Å². The van der Waals surface area contributed by atoms with E-state index in [4.69, 9.17) is 5.73 Å². The number of aryl methyl sites for hydroxylation is 2. The summed E-state index contributed by atoms with van der Waals surface area (Å²) in [6.07, 6.45) is 9.06. The van der Waals surface area contributed by atoms with E-state index in [1.165, 1.54) is 44.1 Å². The first-order valence-electron chi connectivity index (χ1n) is 7.60. The van der Waals surface area contributed by atoms with E-state index < -0.39 is 0 Å². The Bertz CT molecular complexity index is 424. The predicted octanol–water partition coefficient (Wildman–Crippen LogP) is 3.48. The lowest BCUT2D eigenvalue weighted by atomic mass is 9.86. The molecule has 0 aliphatic heterocycles. The van der Waals surface area contributed by atoms with Crippen molar-refractivity contribution < 1.29 is 0 Å². The molecule has 2 aliphatic rings. The van der Waals surface area contributed by atoms with Gasteiger partial charge >= 0.3 is 0 Å². The standard InChI is InChI=1S/C17H25N/c1-12-4-2-7-16(12)17(18)11-13-8-9-14-5-3-6-15(14)10-13/h8-10,12,16-17H,2-7,11,18H2,1H3. The number of rotatable bonds is 3. The van der Waals surface area contributed by atoms with Crippen LogP contribution in [0, 0.1) is 11.8 Å². The minimum Gasteiger partial charge on any atom is -0.327 e. The molecule has 0 heterocycles. The average molecular weight is 243 g/mol. The molecular formula is C17H25N. The second kappa shape index (κ2) is 5.05. The van der Waals surface area contributed by atoms with E-state index >= 15 is 0 Å². The van der Waals surface area contributed by atoms with Gasteiger partial charge in [0.05, 0.1) is 0 Å². The van der Waals surface area contributed by atoms with Crippen LogP contribution in [0.2, 0.25) is 0 Å². The van der Waals surface area contributed by atoms with Crippen LogP contribution in [0.3, 0.4) is 0 Å². The number of hydrogen-bond acceptors (Lipinski definition) is 1. The fourth-order valence-electron chi connectivity index (χ4n) is 3.99. The van der Waals surface area contributed by atoms with Crippen LogP contribution >= 0.6 is 0 Å². The second-order valence-corrected chi connectivity index (χ2v) is 6.40. The molecule has 3 atom stereocenters. The molecule has 18 heavy (non-hydrogen) atoms. The lowest BCUT2D eigenvalue weighted by Crippen LogP contribution is -2.33. The zero-order valence-corrected chi connectivity index (χ0v) is 11.5. The van der Waals surface area contributed by atoms with Crippen molar-refractivity contribution in [3.05, 3.63) is 34.9 Å². The summed E-state index contributed by atoms with van der Waals surface area (Å²) >= 11 is 0. The highest BCUT2D eigenvalue weighted by Crippen LogP contribution is 2.34. The summed E-state index contributed by atoms with van der Waals surface area (Å²) < 4.78 is 0. The third kappa shape index (κ3) is 2.33. The smallest absolute Gasteiger partial charge is 0.0110 e. The first-order valence-corrected chi connectivity index (χ1v) is 7.60. The quantitative estimate of drug-likeness (QED) is 0.864. The molecule has 0 aromatic heterocycles. The molecular weight excluding hydrogens is 218 g/mol. The van der Waals surface area contributed by atoms with Gasteiger partial charge in [-0.2, -0.15) is 0 Å². The van der Waals surface area contributed by atoms with Crippen molar-refractivity contribution in [1.82, 2.24) is 0 Å². The first kappa shape index (κ1) is 12.2. The number of nitrogens with two attached hydrogens (primary N) is 1. The minimum atomic E-state index is 0.363. The predicted molar refractivity (Wildman–Crippen MR) is 76.7 cm³/mol. The highest BCUT2D eigenvalue weighted by molar-refractivity contribution is 5.35. The SMILES string of the molecule is CC1CCCC1C(N)Cc1ccc2c(c1)CCC2. The maximum absolute atomic E-state index is 6.45. The number of fused-ring (bicyclic) bond motifs is 1. The largest absolute Gasteiger partial charge is 0.327 e. The highest BCUT2D eigenvalue weighted by atomic mass is 14.7. The Morgan fingerprint density at radius 1 is 1.17 bits per heavy atom. The molecule has 2 N–H and O–H groups in total. The Hall–Kier alpha value is -0.820. The Labute approximate surface area is 111 Å². The fraction of sp³-hybridized carbons (Fsp3) is 0.647. The van der Waals surface area contributed by atoms with Gasteiger partial charge in [0.2, 0.25) is 0 Å². The van der Waals surface area contributed by atoms with Crippen LogP contribution in [0.4, 0.5) is 0 Å². The molecule has 1 saturated carbocycles. The monoisotopic (exact) mass is 243 g/mol. The van der Waals surface area contributed by atoms with Gasteiger partial charge in [-0.1, -0.05) is 38.0 Å². The van der Waals surface area contributed by atoms with E-state index in [2.05, 4.69) is 25.1 Å². The van der Waals surface area contributed by atoms with Crippen LogP contribution in [0.15, 0.2) is 18.2 Å². The van der Waals surface area contributed by atoms with E-state index in [0.29, 0.717) is 6.04 Å². The average Bonchev–Trinajstić information content (AvgIpc) is 2.96. The van der Waals surface area contributed by atoms with Crippen molar-refractivity contribution in [2.24, 2.45) is 17.6 Å². The van der Waals surface area contributed by atoms with Gasteiger partial charge in [0, 0.05) is 6.04 Å². The lowest BCUT2D eigenvalue weighted by molar-refractivity contribution is 0.343. The van der Waals surface area contributed by atoms with Crippen LogP contribution in [0.1, 0.15) is 49.3 Å². The van der Waals surface area contributed by atoms with Gasteiger partial charge in [0.1, 0.15) is 0 Å². The summed E-state index contributed by atoms with van der Waals surface area (Å²) in [5.74, 6) is 1.58. The summed E-state index contributed by atoms with van der Waals surface area (Å²) in [6.45, 7) is 2.38. The van der Waals surface area contributed by atoms with Crippen molar-refractivity contribution in [3.8, 4) is 0 Å². The van der Waals surface area contributed by atoms with E-state index in [1.54, 1.807) is 11.1 Å². The van der Waals surface area contributed by atoms with Crippen LogP contribution in [0.25, 0.3) is 0 Å². The molecule has 1 aromatic rings. The topological polar surface area (TPSA) is 26.0 Å². The third-order valence-corrected chi connectivity index (χ3v) is 5.11. The van der Waals surface area contributed by atoms with Crippen LogP contribution < -0.4 is 5.73 Å². The second-order valence-electron chi connectivity index (χ2n) is 6.40. The maximum atomic E-state index is 6.45. The summed E-state index contributed by atoms with van der Waals surface area (Å²) in [5, 5.41) is 0. The van der Waals surface area contributed by atoms with Gasteiger partial charge in [-0.3, -0.25) is 0 Å². The van der Waals surface area contributed by atoms with Gasteiger partial charge in [0.15, 0.2) is 0 Å². The lowest BCUT2D eigenvalue weighted by Gasteiger charge is -2.23. The van der Waals surface area contributed by atoms with E-state index in [-0.39, 0.29) is 0 Å². The Balaban J connectivity index is 1.68. The fourth-order valence-corrected chi connectivity index (χ4v) is 3.99. The van der Waals surface area contributed by atoms with Crippen molar-refractivity contribution in [2.45, 2.75) is 57.9 Å². The molecule has 0 radical (unpaired) electrons. The van der Waals surface area contributed by atoms with Crippen molar-refractivity contribution in [3.63, 3.8) is 0 Å². The molecule has 0 amide bonds. The number of hydrogen-bond donors (Lipinski definition) is 1. The highest BCUT2D eigenvalue weighted by Gasteiger charge is 2.28. The van der Waals surface area contributed by atoms with E-state index in [1.807, 2.05) is 0 Å². The van der Waals surface area contributed by atoms with Crippen molar-refractivity contribution in [2.75, 3.05) is 0 Å². The summed E-state index contributed by atoms with van der Waals surface area (Å²) in [7, 11) is 0. The van der Waals surface area contributed by atoms with Gasteiger partial charge < -0.3 is 5.73 Å². The molecule has 1 fully saturated rings. The van der Waals surface area contributed by atoms with E-state index in [9.17, 15) is 0 Å². The summed E-state index contributed by atoms with van der Waals surface area (Å²) in [6, 6.07) is 7.43. The molecule has 1 heteroatoms. The summed E-state index contributed by atoms with van der Waals surface area (Å²) in [5.41, 5.74) is 11.1. The minimum absolute atomic E-state index is 0.363. The maximum Gasteiger partial charge on any atom is 0.0110 e. The molecule has 2 aliphatic carbocycles. The normalized spacial score (nSPS) is 28.3. The van der Waals surface area contributed by atoms with Gasteiger partial charge in [-0.05, 0) is 60.6 Å². The zero-order valence-electron chi connectivity index (χ0n) is 11.5. The zero-order chi connectivity index (χ0) is 12.5. The molecule has 1 aromatic carbocycles. The molecule has 0 saturated heterocycles. The van der Waals surface area contributed by atoms with Gasteiger partial charge in [-0.15, -0.1) is 0 Å². The van der Waals surface area contributed by atoms with Crippen molar-refractivity contribution >= 4 is 0 Å². The molecule has 98 valence electrons.